The van der Waals surface area contributed by atoms with E-state index >= 15 is 0 Å². The third-order valence-electron chi connectivity index (χ3n) is 4.38. The monoisotopic (exact) mass is 297 g/mol. The Morgan fingerprint density at radius 1 is 1.25 bits per heavy atom. The van der Waals surface area contributed by atoms with Crippen molar-refractivity contribution in [2.45, 2.75) is 42.4 Å². The Labute approximate surface area is 121 Å². The Morgan fingerprint density at radius 2 is 1.90 bits per heavy atom. The van der Waals surface area contributed by atoms with Crippen LogP contribution in [0.2, 0.25) is 0 Å². The van der Waals surface area contributed by atoms with Gasteiger partial charge in [-0.2, -0.15) is 0 Å². The van der Waals surface area contributed by atoms with E-state index in [0.29, 0.717) is 12.3 Å². The Bertz CT molecular complexity index is 575. The lowest BCUT2D eigenvalue weighted by atomic mass is 9.69. The van der Waals surface area contributed by atoms with Gasteiger partial charge >= 0.3 is 0 Å². The average Bonchev–Trinajstić information content (AvgIpc) is 2.46. The van der Waals surface area contributed by atoms with Crippen molar-refractivity contribution in [3.8, 4) is 5.75 Å². The molecule has 0 amide bonds. The number of nitrogens with two attached hydrogens (primary N) is 1. The van der Waals surface area contributed by atoms with E-state index in [1.807, 2.05) is 6.07 Å². The number of hydrogen-bond donors (Lipinski definition) is 1. The summed E-state index contributed by atoms with van der Waals surface area (Å²) in [6.07, 6.45) is 6.80. The van der Waals surface area contributed by atoms with E-state index in [1.54, 1.807) is 12.1 Å². The van der Waals surface area contributed by atoms with Crippen molar-refractivity contribution >= 4 is 9.84 Å². The van der Waals surface area contributed by atoms with Gasteiger partial charge < -0.3 is 10.5 Å². The van der Waals surface area contributed by atoms with Crippen molar-refractivity contribution < 1.29 is 13.2 Å². The van der Waals surface area contributed by atoms with Gasteiger partial charge in [0.1, 0.15) is 10.6 Å². The number of sulfone groups is 1. The summed E-state index contributed by atoms with van der Waals surface area (Å²) in [5.41, 5.74) is 6.97. The van der Waals surface area contributed by atoms with Crippen molar-refractivity contribution in [3.63, 3.8) is 0 Å². The molecule has 0 spiro atoms. The second-order valence-corrected chi connectivity index (χ2v) is 7.67. The molecule has 0 atom stereocenters. The van der Waals surface area contributed by atoms with Crippen LogP contribution in [0.3, 0.4) is 0 Å². The first-order valence-corrected chi connectivity index (χ1v) is 8.91. The first-order valence-electron chi connectivity index (χ1n) is 7.02. The molecule has 1 saturated carbocycles. The third kappa shape index (κ3) is 2.83. The molecule has 1 aromatic carbocycles. The van der Waals surface area contributed by atoms with E-state index in [0.717, 1.165) is 31.2 Å². The quantitative estimate of drug-likeness (QED) is 0.925. The zero-order valence-corrected chi connectivity index (χ0v) is 13.0. The maximum Gasteiger partial charge on any atom is 0.179 e. The summed E-state index contributed by atoms with van der Waals surface area (Å²) in [5, 5.41) is 0. The molecule has 0 aliphatic heterocycles. The highest BCUT2D eigenvalue weighted by Crippen LogP contribution is 2.40. The zero-order chi connectivity index (χ0) is 14.8. The maximum atomic E-state index is 11.9. The van der Waals surface area contributed by atoms with Crippen LogP contribution < -0.4 is 10.5 Å². The summed E-state index contributed by atoms with van der Waals surface area (Å²) in [5.74, 6) is 0.402. The van der Waals surface area contributed by atoms with Gasteiger partial charge in [0, 0.05) is 18.2 Å². The number of rotatable bonds is 4. The molecule has 1 aliphatic carbocycles. The van der Waals surface area contributed by atoms with Gasteiger partial charge in [0.2, 0.25) is 0 Å². The van der Waals surface area contributed by atoms with Crippen LogP contribution in [0, 0.1) is 0 Å². The Kier molecular flexibility index (Phi) is 4.39. The summed E-state index contributed by atoms with van der Waals surface area (Å²) in [7, 11) is -1.82. The summed E-state index contributed by atoms with van der Waals surface area (Å²) < 4.78 is 29.0. The van der Waals surface area contributed by atoms with Crippen molar-refractivity contribution in [2.24, 2.45) is 5.73 Å². The molecule has 0 bridgehead atoms. The van der Waals surface area contributed by atoms with Crippen LogP contribution in [0.4, 0.5) is 0 Å². The minimum absolute atomic E-state index is 0.0794. The second kappa shape index (κ2) is 5.74. The number of methoxy groups -OCH3 is 1. The summed E-state index contributed by atoms with van der Waals surface area (Å²) in [6, 6.07) is 5.47. The smallest absolute Gasteiger partial charge is 0.179 e. The molecule has 0 unspecified atom stereocenters. The highest BCUT2D eigenvalue weighted by molar-refractivity contribution is 7.90. The molecule has 0 heterocycles. The molecule has 1 aromatic rings. The van der Waals surface area contributed by atoms with Crippen LogP contribution in [0.1, 0.15) is 37.7 Å². The minimum Gasteiger partial charge on any atom is -0.495 e. The largest absolute Gasteiger partial charge is 0.495 e. The molecule has 2 N–H and O–H groups in total. The van der Waals surface area contributed by atoms with Gasteiger partial charge in [0.05, 0.1) is 7.11 Å². The van der Waals surface area contributed by atoms with E-state index in [9.17, 15) is 8.42 Å². The van der Waals surface area contributed by atoms with E-state index < -0.39 is 9.84 Å². The van der Waals surface area contributed by atoms with Gasteiger partial charge in [-0.05, 0) is 30.5 Å². The topological polar surface area (TPSA) is 69.4 Å². The summed E-state index contributed by atoms with van der Waals surface area (Å²) in [4.78, 5) is 0.260. The van der Waals surface area contributed by atoms with Gasteiger partial charge in [0.15, 0.2) is 9.84 Å². The normalized spacial score (nSPS) is 18.8. The molecule has 0 radical (unpaired) electrons. The van der Waals surface area contributed by atoms with Crippen molar-refractivity contribution in [2.75, 3.05) is 19.9 Å². The lowest BCUT2D eigenvalue weighted by Gasteiger charge is -2.37. The molecular weight excluding hydrogens is 274 g/mol. The van der Waals surface area contributed by atoms with Crippen molar-refractivity contribution in [1.82, 2.24) is 0 Å². The zero-order valence-electron chi connectivity index (χ0n) is 12.2. The van der Waals surface area contributed by atoms with E-state index in [-0.39, 0.29) is 10.3 Å². The molecule has 5 heteroatoms. The first kappa shape index (κ1) is 15.3. The maximum absolute atomic E-state index is 11.9. The minimum atomic E-state index is -3.31. The van der Waals surface area contributed by atoms with E-state index in [4.69, 9.17) is 10.5 Å². The van der Waals surface area contributed by atoms with Crippen LogP contribution in [0.15, 0.2) is 23.1 Å². The first-order chi connectivity index (χ1) is 9.43. The van der Waals surface area contributed by atoms with Crippen LogP contribution in [-0.4, -0.2) is 28.3 Å². The lowest BCUT2D eigenvalue weighted by Crippen LogP contribution is -2.37. The van der Waals surface area contributed by atoms with Gasteiger partial charge in [-0.3, -0.25) is 0 Å². The van der Waals surface area contributed by atoms with Crippen LogP contribution in [-0.2, 0) is 15.3 Å². The molecule has 1 fully saturated rings. The van der Waals surface area contributed by atoms with Gasteiger partial charge in [-0.25, -0.2) is 8.42 Å². The van der Waals surface area contributed by atoms with Crippen molar-refractivity contribution in [3.05, 3.63) is 23.8 Å². The Morgan fingerprint density at radius 3 is 2.40 bits per heavy atom. The van der Waals surface area contributed by atoms with E-state index in [1.165, 1.54) is 19.8 Å². The van der Waals surface area contributed by atoms with Gasteiger partial charge in [0.25, 0.3) is 0 Å². The average molecular weight is 297 g/mol. The van der Waals surface area contributed by atoms with Crippen molar-refractivity contribution in [1.29, 1.82) is 0 Å². The molecule has 2 rings (SSSR count). The fourth-order valence-corrected chi connectivity index (χ4v) is 3.99. The molecule has 0 aromatic heterocycles. The fraction of sp³-hybridized carbons (Fsp3) is 0.600. The molecule has 4 nitrogen and oxygen atoms in total. The molecular formula is C15H23NO3S. The van der Waals surface area contributed by atoms with Crippen LogP contribution in [0.25, 0.3) is 0 Å². The molecule has 1 aliphatic rings. The highest BCUT2D eigenvalue weighted by atomic mass is 32.2. The Hall–Kier alpha value is -1.07. The van der Waals surface area contributed by atoms with E-state index in [2.05, 4.69) is 0 Å². The predicted octanol–water partition coefficient (Wildman–Crippen LogP) is 2.26. The predicted molar refractivity (Wildman–Crippen MR) is 79.9 cm³/mol. The molecule has 0 saturated heterocycles. The number of ether oxygens (including phenoxy) is 1. The van der Waals surface area contributed by atoms with Gasteiger partial charge in [-0.1, -0.05) is 25.3 Å². The molecule has 20 heavy (non-hydrogen) atoms. The van der Waals surface area contributed by atoms with Gasteiger partial charge in [-0.15, -0.1) is 0 Å². The highest BCUT2D eigenvalue weighted by Gasteiger charge is 2.33. The Balaban J connectivity index is 2.52. The number of hydrogen-bond acceptors (Lipinski definition) is 4. The standard InChI is InChI=1S/C15H23NO3S/c1-19-13-7-6-12(10-14(13)20(2,17)18)15(11-16)8-4-3-5-9-15/h6-7,10H,3-5,8-9,11,16H2,1-2H3. The third-order valence-corrected chi connectivity index (χ3v) is 5.49. The van der Waals surface area contributed by atoms with Crippen LogP contribution in [0.5, 0.6) is 5.75 Å². The lowest BCUT2D eigenvalue weighted by molar-refractivity contribution is 0.299. The molecule has 112 valence electrons. The SMILES string of the molecule is COc1ccc(C2(CN)CCCCC2)cc1S(C)(=O)=O. The summed E-state index contributed by atoms with van der Waals surface area (Å²) in [6.45, 7) is 0.558. The summed E-state index contributed by atoms with van der Waals surface area (Å²) >= 11 is 0. The second-order valence-electron chi connectivity index (χ2n) is 5.68. The van der Waals surface area contributed by atoms with Crippen LogP contribution >= 0.6 is 0 Å². The number of benzene rings is 1. The fourth-order valence-electron chi connectivity index (χ4n) is 3.14.